The molecule has 0 aromatic heterocycles. The van der Waals surface area contributed by atoms with Crippen molar-refractivity contribution in [3.8, 4) is 0 Å². The summed E-state index contributed by atoms with van der Waals surface area (Å²) in [6.07, 6.45) is 1.24. The van der Waals surface area contributed by atoms with Gasteiger partial charge in [-0.3, -0.25) is 0 Å². The topological polar surface area (TPSA) is 12.0 Å². The van der Waals surface area contributed by atoms with Crippen LogP contribution in [0.1, 0.15) is 49.6 Å². The van der Waals surface area contributed by atoms with Gasteiger partial charge in [0.1, 0.15) is 0 Å². The Morgan fingerprint density at radius 1 is 1.25 bits per heavy atom. The van der Waals surface area contributed by atoms with Crippen molar-refractivity contribution in [2.24, 2.45) is 0 Å². The average Bonchev–Trinajstić information content (AvgIpc) is 2.38. The summed E-state index contributed by atoms with van der Waals surface area (Å²) >= 11 is 2.09. The SMILES string of the molecule is CCNC1CC(C)SC(C)c2ccccc21. The maximum Gasteiger partial charge on any atom is 0.0333 e. The molecule has 0 fully saturated rings. The van der Waals surface area contributed by atoms with Crippen LogP contribution in [0.15, 0.2) is 24.3 Å². The highest BCUT2D eigenvalue weighted by atomic mass is 32.2. The number of benzene rings is 1. The summed E-state index contributed by atoms with van der Waals surface area (Å²) in [7, 11) is 0. The molecule has 0 bridgehead atoms. The molecule has 1 aliphatic heterocycles. The Hall–Kier alpha value is -0.470. The first-order chi connectivity index (χ1) is 7.72. The zero-order valence-electron chi connectivity index (χ0n) is 10.4. The molecular weight excluding hydrogens is 214 g/mol. The molecule has 88 valence electrons. The Balaban J connectivity index is 2.36. The van der Waals surface area contributed by atoms with Gasteiger partial charge in [0.05, 0.1) is 0 Å². The van der Waals surface area contributed by atoms with Crippen LogP contribution in [0.3, 0.4) is 0 Å². The predicted molar refractivity (Wildman–Crippen MR) is 72.9 cm³/mol. The van der Waals surface area contributed by atoms with Gasteiger partial charge in [0.2, 0.25) is 0 Å². The van der Waals surface area contributed by atoms with Crippen molar-refractivity contribution in [3.05, 3.63) is 35.4 Å². The Morgan fingerprint density at radius 3 is 2.62 bits per heavy atom. The molecule has 2 rings (SSSR count). The third-order valence-electron chi connectivity index (χ3n) is 3.26. The normalized spacial score (nSPS) is 29.6. The molecule has 1 heterocycles. The van der Waals surface area contributed by atoms with Crippen molar-refractivity contribution in [1.82, 2.24) is 5.32 Å². The van der Waals surface area contributed by atoms with Crippen LogP contribution in [0, 0.1) is 0 Å². The molecule has 1 nitrogen and oxygen atoms in total. The summed E-state index contributed by atoms with van der Waals surface area (Å²) in [6.45, 7) is 7.91. The molecule has 3 unspecified atom stereocenters. The highest BCUT2D eigenvalue weighted by Crippen LogP contribution is 2.42. The lowest BCUT2D eigenvalue weighted by Gasteiger charge is -2.19. The van der Waals surface area contributed by atoms with Crippen molar-refractivity contribution in [2.45, 2.75) is 43.7 Å². The van der Waals surface area contributed by atoms with E-state index in [2.05, 4.69) is 62.1 Å². The molecule has 16 heavy (non-hydrogen) atoms. The lowest BCUT2D eigenvalue weighted by atomic mass is 9.95. The Labute approximate surface area is 103 Å². The molecule has 0 spiro atoms. The average molecular weight is 235 g/mol. The first-order valence-electron chi connectivity index (χ1n) is 6.20. The molecule has 1 N–H and O–H groups in total. The molecule has 0 amide bonds. The molecule has 1 aromatic carbocycles. The highest BCUT2D eigenvalue weighted by molar-refractivity contribution is 8.00. The maximum absolute atomic E-state index is 3.62. The molecular formula is C14H21NS. The summed E-state index contributed by atoms with van der Waals surface area (Å²) in [5.41, 5.74) is 3.02. The van der Waals surface area contributed by atoms with Crippen molar-refractivity contribution in [1.29, 1.82) is 0 Å². The van der Waals surface area contributed by atoms with Gasteiger partial charge in [-0.05, 0) is 31.0 Å². The van der Waals surface area contributed by atoms with Crippen molar-refractivity contribution < 1.29 is 0 Å². The number of hydrogen-bond donors (Lipinski definition) is 1. The molecule has 0 radical (unpaired) electrons. The van der Waals surface area contributed by atoms with Gasteiger partial charge in [-0.2, -0.15) is 11.8 Å². The number of thioether (sulfide) groups is 1. The second-order valence-corrected chi connectivity index (χ2v) is 6.35. The summed E-state index contributed by atoms with van der Waals surface area (Å²) in [5.74, 6) is 0. The van der Waals surface area contributed by atoms with Crippen LogP contribution >= 0.6 is 11.8 Å². The van der Waals surface area contributed by atoms with Crippen LogP contribution in [-0.4, -0.2) is 11.8 Å². The van der Waals surface area contributed by atoms with Crippen LogP contribution in [0.25, 0.3) is 0 Å². The van der Waals surface area contributed by atoms with E-state index in [-0.39, 0.29) is 0 Å². The van der Waals surface area contributed by atoms with E-state index < -0.39 is 0 Å². The summed E-state index contributed by atoms with van der Waals surface area (Å²) < 4.78 is 0. The van der Waals surface area contributed by atoms with Gasteiger partial charge in [0.25, 0.3) is 0 Å². The van der Waals surface area contributed by atoms with E-state index in [1.165, 1.54) is 17.5 Å². The minimum atomic E-state index is 0.536. The Kier molecular flexibility index (Phi) is 3.93. The van der Waals surface area contributed by atoms with E-state index in [9.17, 15) is 0 Å². The second-order valence-electron chi connectivity index (χ2n) is 4.56. The van der Waals surface area contributed by atoms with Gasteiger partial charge in [-0.1, -0.05) is 38.1 Å². The first kappa shape index (κ1) is 12.0. The van der Waals surface area contributed by atoms with Crippen LogP contribution in [0.4, 0.5) is 0 Å². The number of rotatable bonds is 2. The summed E-state index contributed by atoms with van der Waals surface area (Å²) in [4.78, 5) is 0. The Morgan fingerprint density at radius 2 is 1.94 bits per heavy atom. The monoisotopic (exact) mass is 235 g/mol. The van der Waals surface area contributed by atoms with Gasteiger partial charge < -0.3 is 5.32 Å². The van der Waals surface area contributed by atoms with E-state index in [1.54, 1.807) is 0 Å². The quantitative estimate of drug-likeness (QED) is 0.833. The number of hydrogen-bond acceptors (Lipinski definition) is 2. The van der Waals surface area contributed by atoms with Gasteiger partial charge in [0, 0.05) is 16.5 Å². The molecule has 1 aromatic rings. The lowest BCUT2D eigenvalue weighted by Crippen LogP contribution is -2.23. The minimum Gasteiger partial charge on any atom is -0.310 e. The fraction of sp³-hybridized carbons (Fsp3) is 0.571. The first-order valence-corrected chi connectivity index (χ1v) is 7.14. The standard InChI is InChI=1S/C14H21NS/c1-4-15-14-9-10(2)16-11(3)12-7-5-6-8-13(12)14/h5-8,10-11,14-15H,4,9H2,1-3H3. The largest absolute Gasteiger partial charge is 0.310 e. The predicted octanol–water partition coefficient (Wildman–Crippen LogP) is 3.92. The van der Waals surface area contributed by atoms with Gasteiger partial charge in [-0.15, -0.1) is 0 Å². The van der Waals surface area contributed by atoms with Crippen molar-refractivity contribution in [2.75, 3.05) is 6.54 Å². The minimum absolute atomic E-state index is 0.536. The summed E-state index contributed by atoms with van der Waals surface area (Å²) in [6, 6.07) is 9.44. The van der Waals surface area contributed by atoms with Crippen LogP contribution in [0.2, 0.25) is 0 Å². The van der Waals surface area contributed by atoms with E-state index in [1.807, 2.05) is 0 Å². The van der Waals surface area contributed by atoms with Crippen LogP contribution in [0.5, 0.6) is 0 Å². The lowest BCUT2D eigenvalue weighted by molar-refractivity contribution is 0.515. The zero-order chi connectivity index (χ0) is 11.5. The Bertz CT molecular complexity index is 350. The number of fused-ring (bicyclic) bond motifs is 1. The molecule has 3 atom stereocenters. The number of nitrogens with one attached hydrogen (secondary N) is 1. The van der Waals surface area contributed by atoms with Gasteiger partial charge in [0.15, 0.2) is 0 Å². The van der Waals surface area contributed by atoms with E-state index in [0.29, 0.717) is 11.3 Å². The fourth-order valence-corrected chi connectivity index (χ4v) is 3.94. The van der Waals surface area contributed by atoms with Crippen molar-refractivity contribution >= 4 is 11.8 Å². The molecule has 0 saturated carbocycles. The third-order valence-corrected chi connectivity index (χ3v) is 4.58. The smallest absolute Gasteiger partial charge is 0.0333 e. The summed E-state index contributed by atoms with van der Waals surface area (Å²) in [5, 5.41) is 4.97. The zero-order valence-corrected chi connectivity index (χ0v) is 11.2. The third kappa shape index (κ3) is 2.44. The van der Waals surface area contributed by atoms with E-state index in [4.69, 9.17) is 0 Å². The van der Waals surface area contributed by atoms with Gasteiger partial charge in [-0.25, -0.2) is 0 Å². The van der Waals surface area contributed by atoms with E-state index in [0.717, 1.165) is 11.8 Å². The fourth-order valence-electron chi connectivity index (χ4n) is 2.57. The highest BCUT2D eigenvalue weighted by Gasteiger charge is 2.25. The van der Waals surface area contributed by atoms with Crippen LogP contribution < -0.4 is 5.32 Å². The van der Waals surface area contributed by atoms with E-state index >= 15 is 0 Å². The van der Waals surface area contributed by atoms with Crippen LogP contribution in [-0.2, 0) is 0 Å². The second kappa shape index (κ2) is 5.24. The molecule has 1 aliphatic rings. The molecule has 2 heteroatoms. The molecule has 0 saturated heterocycles. The molecule has 0 aliphatic carbocycles. The van der Waals surface area contributed by atoms with Crippen molar-refractivity contribution in [3.63, 3.8) is 0 Å². The maximum atomic E-state index is 3.62. The van der Waals surface area contributed by atoms with Gasteiger partial charge >= 0.3 is 0 Å².